The van der Waals surface area contributed by atoms with Crippen LogP contribution in [0.5, 0.6) is 0 Å². The van der Waals surface area contributed by atoms with Gasteiger partial charge in [-0.1, -0.05) is 13.8 Å². The third kappa shape index (κ3) is 7.92. The number of rotatable bonds is 4. The normalized spacial score (nSPS) is 12.6. The Kier molecular flexibility index (Phi) is 3.91. The molecule has 0 aliphatic rings. The first kappa shape index (κ1) is 9.92. The summed E-state index contributed by atoms with van der Waals surface area (Å²) in [6.07, 6.45) is 0. The highest BCUT2D eigenvalue weighted by Gasteiger charge is 2.10. The molecule has 0 aliphatic heterocycles. The molecule has 0 amide bonds. The monoisotopic (exact) mass is 145 g/mol. The molecule has 0 unspecified atom stereocenters. The summed E-state index contributed by atoms with van der Waals surface area (Å²) in [5.41, 5.74) is 5.51. The first-order valence-corrected chi connectivity index (χ1v) is 3.78. The highest BCUT2D eigenvalue weighted by molar-refractivity contribution is 4.69. The van der Waals surface area contributed by atoms with Crippen molar-refractivity contribution in [1.29, 1.82) is 0 Å². The summed E-state index contributed by atoms with van der Waals surface area (Å²) >= 11 is 0. The van der Waals surface area contributed by atoms with E-state index in [1.54, 1.807) is 0 Å². The Balaban J connectivity index is 3.21. The topological polar surface area (TPSA) is 35.2 Å². The number of ether oxygens (including phenoxy) is 1. The van der Waals surface area contributed by atoms with Crippen LogP contribution in [-0.4, -0.2) is 18.8 Å². The van der Waals surface area contributed by atoms with E-state index in [1.165, 1.54) is 0 Å². The van der Waals surface area contributed by atoms with Gasteiger partial charge in [-0.3, -0.25) is 0 Å². The third-order valence-corrected chi connectivity index (χ3v) is 0.925. The molecule has 10 heavy (non-hydrogen) atoms. The predicted molar refractivity (Wildman–Crippen MR) is 43.9 cm³/mol. The number of hydrogen-bond donors (Lipinski definition) is 1. The van der Waals surface area contributed by atoms with Gasteiger partial charge in [0.15, 0.2) is 0 Å². The molecule has 2 nitrogen and oxygen atoms in total. The molecule has 2 heteroatoms. The molecule has 0 atom stereocenters. The summed E-state index contributed by atoms with van der Waals surface area (Å²) < 4.78 is 5.33. The van der Waals surface area contributed by atoms with Crippen LogP contribution in [0.25, 0.3) is 0 Å². The minimum atomic E-state index is -0.186. The predicted octanol–water partition coefficient (Wildman–Crippen LogP) is 1.40. The highest BCUT2D eigenvalue weighted by atomic mass is 16.5. The van der Waals surface area contributed by atoms with E-state index in [4.69, 9.17) is 10.5 Å². The highest BCUT2D eigenvalue weighted by Crippen LogP contribution is 1.99. The van der Waals surface area contributed by atoms with Crippen molar-refractivity contribution in [1.82, 2.24) is 0 Å². The van der Waals surface area contributed by atoms with Crippen molar-refractivity contribution in [3.8, 4) is 0 Å². The Hall–Kier alpha value is -0.0800. The lowest BCUT2D eigenvalue weighted by Crippen LogP contribution is -2.37. The second kappa shape index (κ2) is 3.94. The zero-order chi connectivity index (χ0) is 8.20. The zero-order valence-electron chi connectivity index (χ0n) is 7.48. The molecule has 0 aromatic rings. The molecule has 0 aromatic carbocycles. The van der Waals surface area contributed by atoms with Gasteiger partial charge in [0, 0.05) is 12.1 Å². The Morgan fingerprint density at radius 3 is 2.20 bits per heavy atom. The Morgan fingerprint density at radius 2 is 1.90 bits per heavy atom. The third-order valence-electron chi connectivity index (χ3n) is 0.925. The summed E-state index contributed by atoms with van der Waals surface area (Å²) in [5.74, 6) is 0.599. The Bertz CT molecular complexity index is 83.7. The molecule has 0 fully saturated rings. The van der Waals surface area contributed by atoms with Crippen molar-refractivity contribution in [2.45, 2.75) is 33.2 Å². The molecule has 0 rings (SSSR count). The van der Waals surface area contributed by atoms with Crippen LogP contribution < -0.4 is 5.73 Å². The number of nitrogens with two attached hydrogens (primary N) is 1. The van der Waals surface area contributed by atoms with Crippen molar-refractivity contribution in [2.24, 2.45) is 11.7 Å². The average Bonchev–Trinajstić information content (AvgIpc) is 1.59. The van der Waals surface area contributed by atoms with E-state index in [2.05, 4.69) is 13.8 Å². The molecular formula is C8H19NO. The Morgan fingerprint density at radius 1 is 1.40 bits per heavy atom. The maximum absolute atomic E-state index is 5.70. The smallest absolute Gasteiger partial charge is 0.0640 e. The molecular weight excluding hydrogens is 126 g/mol. The van der Waals surface area contributed by atoms with E-state index in [0.29, 0.717) is 12.5 Å². The Labute approximate surface area is 63.7 Å². The van der Waals surface area contributed by atoms with Crippen molar-refractivity contribution in [3.63, 3.8) is 0 Å². The fourth-order valence-electron chi connectivity index (χ4n) is 0.558. The minimum Gasteiger partial charge on any atom is -0.379 e. The van der Waals surface area contributed by atoms with Gasteiger partial charge in [0.2, 0.25) is 0 Å². The molecule has 0 radical (unpaired) electrons. The largest absolute Gasteiger partial charge is 0.379 e. The lowest BCUT2D eigenvalue weighted by molar-refractivity contribution is 0.0778. The molecule has 0 spiro atoms. The lowest BCUT2D eigenvalue weighted by Gasteiger charge is -2.18. The molecule has 2 N–H and O–H groups in total. The second-order valence-corrected chi connectivity index (χ2v) is 3.90. The molecule has 0 aromatic heterocycles. The van der Waals surface area contributed by atoms with Crippen LogP contribution in [0.4, 0.5) is 0 Å². The summed E-state index contributed by atoms with van der Waals surface area (Å²) in [4.78, 5) is 0. The quantitative estimate of drug-likeness (QED) is 0.649. The summed E-state index contributed by atoms with van der Waals surface area (Å²) in [6.45, 7) is 9.64. The van der Waals surface area contributed by atoms with Crippen LogP contribution in [-0.2, 0) is 4.74 Å². The van der Waals surface area contributed by atoms with Gasteiger partial charge < -0.3 is 10.5 Å². The summed E-state index contributed by atoms with van der Waals surface area (Å²) in [5, 5.41) is 0. The van der Waals surface area contributed by atoms with Gasteiger partial charge in [-0.05, 0) is 19.8 Å². The minimum absolute atomic E-state index is 0.186. The van der Waals surface area contributed by atoms with E-state index in [1.807, 2.05) is 13.8 Å². The van der Waals surface area contributed by atoms with E-state index in [0.717, 1.165) is 6.61 Å². The van der Waals surface area contributed by atoms with Crippen molar-refractivity contribution < 1.29 is 4.74 Å². The first-order valence-electron chi connectivity index (χ1n) is 3.78. The standard InChI is InChI=1S/C8H19NO/c1-7(2)5-10-6-8(3,4)9/h7H,5-6,9H2,1-4H3. The van der Waals surface area contributed by atoms with Crippen LogP contribution in [0.3, 0.4) is 0 Å². The van der Waals surface area contributed by atoms with Gasteiger partial charge in [0.1, 0.15) is 0 Å². The maximum Gasteiger partial charge on any atom is 0.0640 e. The average molecular weight is 145 g/mol. The van der Waals surface area contributed by atoms with E-state index in [9.17, 15) is 0 Å². The van der Waals surface area contributed by atoms with Crippen molar-refractivity contribution in [2.75, 3.05) is 13.2 Å². The van der Waals surface area contributed by atoms with E-state index >= 15 is 0 Å². The lowest BCUT2D eigenvalue weighted by atomic mass is 10.1. The molecule has 0 saturated heterocycles. The van der Waals surface area contributed by atoms with Gasteiger partial charge in [-0.25, -0.2) is 0 Å². The summed E-state index contributed by atoms with van der Waals surface area (Å²) in [7, 11) is 0. The van der Waals surface area contributed by atoms with Crippen LogP contribution in [0.1, 0.15) is 27.7 Å². The maximum atomic E-state index is 5.70. The van der Waals surface area contributed by atoms with Crippen LogP contribution in [0, 0.1) is 5.92 Å². The van der Waals surface area contributed by atoms with Gasteiger partial charge >= 0.3 is 0 Å². The van der Waals surface area contributed by atoms with Crippen molar-refractivity contribution in [3.05, 3.63) is 0 Å². The van der Waals surface area contributed by atoms with Crippen LogP contribution in [0.15, 0.2) is 0 Å². The van der Waals surface area contributed by atoms with E-state index in [-0.39, 0.29) is 5.54 Å². The molecule has 0 aliphatic carbocycles. The van der Waals surface area contributed by atoms with Crippen LogP contribution in [0.2, 0.25) is 0 Å². The number of hydrogen-bond acceptors (Lipinski definition) is 2. The fourth-order valence-corrected chi connectivity index (χ4v) is 0.558. The second-order valence-electron chi connectivity index (χ2n) is 3.90. The van der Waals surface area contributed by atoms with Gasteiger partial charge in [-0.15, -0.1) is 0 Å². The molecule has 62 valence electrons. The molecule has 0 heterocycles. The first-order chi connectivity index (χ1) is 4.42. The summed E-state index contributed by atoms with van der Waals surface area (Å²) in [6, 6.07) is 0. The SMILES string of the molecule is CC(C)COCC(C)(C)N. The zero-order valence-corrected chi connectivity index (χ0v) is 7.48. The van der Waals surface area contributed by atoms with E-state index < -0.39 is 0 Å². The van der Waals surface area contributed by atoms with Crippen LogP contribution >= 0.6 is 0 Å². The van der Waals surface area contributed by atoms with Gasteiger partial charge in [0.05, 0.1) is 6.61 Å². The molecule has 0 bridgehead atoms. The van der Waals surface area contributed by atoms with Gasteiger partial charge in [0.25, 0.3) is 0 Å². The van der Waals surface area contributed by atoms with Gasteiger partial charge in [-0.2, -0.15) is 0 Å². The van der Waals surface area contributed by atoms with Crippen molar-refractivity contribution >= 4 is 0 Å². The molecule has 0 saturated carbocycles. The fraction of sp³-hybridized carbons (Fsp3) is 1.00.